The number of nitrogens with one attached hydrogen (secondary N) is 1. The highest BCUT2D eigenvalue weighted by Crippen LogP contribution is 2.27. The number of amides is 2. The molecule has 1 aromatic rings. The normalized spacial score (nSPS) is 18.6. The van der Waals surface area contributed by atoms with E-state index >= 15 is 0 Å². The van der Waals surface area contributed by atoms with Crippen LogP contribution in [0.5, 0.6) is 0 Å². The van der Waals surface area contributed by atoms with Gasteiger partial charge in [-0.05, 0) is 6.42 Å². The van der Waals surface area contributed by atoms with Gasteiger partial charge in [-0.3, -0.25) is 14.8 Å². The smallest absolute Gasteiger partial charge is 0.331 e. The summed E-state index contributed by atoms with van der Waals surface area (Å²) in [6, 6.07) is -0.00213. The number of anilines is 1. The van der Waals surface area contributed by atoms with Crippen LogP contribution in [0.3, 0.4) is 0 Å². The molecule has 6 heteroatoms. The van der Waals surface area contributed by atoms with Crippen LogP contribution in [0.1, 0.15) is 19.0 Å². The number of carbonyl (C=O) groups is 1. The van der Waals surface area contributed by atoms with E-state index in [9.17, 15) is 4.79 Å². The van der Waals surface area contributed by atoms with Crippen LogP contribution in [0.25, 0.3) is 0 Å². The van der Waals surface area contributed by atoms with Crippen LogP contribution in [-0.4, -0.2) is 46.4 Å². The molecule has 16 heavy (non-hydrogen) atoms. The highest BCUT2D eigenvalue weighted by Gasteiger charge is 2.38. The van der Waals surface area contributed by atoms with Gasteiger partial charge in [0.25, 0.3) is 0 Å². The van der Waals surface area contributed by atoms with E-state index in [1.54, 1.807) is 16.1 Å². The number of amidine groups is 1. The van der Waals surface area contributed by atoms with Crippen LogP contribution in [0, 0.1) is 0 Å². The highest BCUT2D eigenvalue weighted by molar-refractivity contribution is 6.18. The number of aromatic nitrogens is 2. The Balaban J connectivity index is 2.10. The monoisotopic (exact) mass is 219 g/mol. The number of rotatable bonds is 2. The van der Waals surface area contributed by atoms with Crippen molar-refractivity contribution in [3.05, 3.63) is 12.0 Å². The van der Waals surface area contributed by atoms with Gasteiger partial charge in [-0.1, -0.05) is 6.92 Å². The first kappa shape index (κ1) is 9.38. The number of nitrogens with zero attached hydrogens (tertiary/aromatic N) is 4. The zero-order valence-electron chi connectivity index (χ0n) is 9.10. The summed E-state index contributed by atoms with van der Waals surface area (Å²) >= 11 is 0. The number of aliphatic imine (C=N–C) groups is 1. The van der Waals surface area contributed by atoms with Gasteiger partial charge >= 0.3 is 6.03 Å². The van der Waals surface area contributed by atoms with Crippen molar-refractivity contribution in [2.24, 2.45) is 4.99 Å². The number of hydrogen-bond donors (Lipinski definition) is 1. The number of hydrogen-bond acceptors (Lipinski definition) is 3. The Hall–Kier alpha value is -1.85. The van der Waals surface area contributed by atoms with Gasteiger partial charge in [0.15, 0.2) is 11.7 Å². The fourth-order valence-corrected chi connectivity index (χ4v) is 2.17. The molecule has 6 nitrogen and oxygen atoms in total. The van der Waals surface area contributed by atoms with Crippen molar-refractivity contribution in [2.45, 2.75) is 13.3 Å². The first-order valence-corrected chi connectivity index (χ1v) is 5.50. The molecule has 0 unspecified atom stereocenters. The van der Waals surface area contributed by atoms with E-state index in [0.29, 0.717) is 25.5 Å². The lowest BCUT2D eigenvalue weighted by molar-refractivity contribution is 0.228. The van der Waals surface area contributed by atoms with Crippen molar-refractivity contribution in [1.29, 1.82) is 0 Å². The van der Waals surface area contributed by atoms with Gasteiger partial charge in [0.1, 0.15) is 5.69 Å². The first-order chi connectivity index (χ1) is 7.83. The number of aromatic amines is 1. The molecule has 2 aliphatic rings. The minimum atomic E-state index is -0.00213. The molecular weight excluding hydrogens is 206 g/mol. The van der Waals surface area contributed by atoms with Crippen LogP contribution in [-0.2, 0) is 0 Å². The Kier molecular flexibility index (Phi) is 1.95. The molecule has 1 aromatic heterocycles. The molecule has 0 saturated heterocycles. The quantitative estimate of drug-likeness (QED) is 0.800. The van der Waals surface area contributed by atoms with Crippen LogP contribution < -0.4 is 4.90 Å². The average Bonchev–Trinajstić information content (AvgIpc) is 2.90. The number of carbonyl (C=O) groups excluding carboxylic acids is 1. The van der Waals surface area contributed by atoms with Crippen molar-refractivity contribution in [1.82, 2.24) is 14.9 Å². The molecule has 84 valence electrons. The topological polar surface area (TPSA) is 64.6 Å². The SMILES string of the molecule is CCCN1C(=O)N2CCN=C2c2[nH]cnc21. The van der Waals surface area contributed by atoms with Gasteiger partial charge in [-0.15, -0.1) is 0 Å². The third-order valence-corrected chi connectivity index (χ3v) is 2.85. The molecule has 0 bridgehead atoms. The zero-order valence-corrected chi connectivity index (χ0v) is 9.10. The summed E-state index contributed by atoms with van der Waals surface area (Å²) in [7, 11) is 0. The van der Waals surface area contributed by atoms with Crippen molar-refractivity contribution >= 4 is 17.7 Å². The maximum absolute atomic E-state index is 12.2. The standard InChI is InChI=1S/C10H13N5O/c1-2-4-14-9-7(12-6-13-9)8-11-3-5-15(8)10(14)16/h6H,2-5H2,1H3,(H,12,13). The minimum absolute atomic E-state index is 0.00213. The summed E-state index contributed by atoms with van der Waals surface area (Å²) in [5, 5.41) is 0. The van der Waals surface area contributed by atoms with Crippen LogP contribution in [0.4, 0.5) is 10.6 Å². The van der Waals surface area contributed by atoms with Crippen molar-refractivity contribution in [3.63, 3.8) is 0 Å². The second kappa shape index (κ2) is 3.33. The molecule has 0 aliphatic carbocycles. The van der Waals surface area contributed by atoms with Crippen molar-refractivity contribution < 1.29 is 4.79 Å². The summed E-state index contributed by atoms with van der Waals surface area (Å²) < 4.78 is 0. The number of H-pyrrole nitrogens is 1. The molecule has 0 aromatic carbocycles. The number of urea groups is 1. The molecule has 0 spiro atoms. The lowest BCUT2D eigenvalue weighted by atomic mass is 10.2. The predicted molar refractivity (Wildman–Crippen MR) is 59.7 cm³/mol. The molecule has 3 heterocycles. The summed E-state index contributed by atoms with van der Waals surface area (Å²) in [6.07, 6.45) is 2.53. The summed E-state index contributed by atoms with van der Waals surface area (Å²) in [6.45, 7) is 4.10. The van der Waals surface area contributed by atoms with Gasteiger partial charge in [-0.25, -0.2) is 9.78 Å². The second-order valence-electron chi connectivity index (χ2n) is 3.89. The van der Waals surface area contributed by atoms with E-state index in [1.807, 2.05) is 6.92 Å². The van der Waals surface area contributed by atoms with Gasteiger partial charge < -0.3 is 4.98 Å². The largest absolute Gasteiger partial charge is 0.340 e. The lowest BCUT2D eigenvalue weighted by Crippen LogP contribution is -2.50. The second-order valence-corrected chi connectivity index (χ2v) is 3.89. The minimum Gasteiger partial charge on any atom is -0.340 e. The molecule has 0 fully saturated rings. The molecule has 0 saturated carbocycles. The van der Waals surface area contributed by atoms with E-state index in [2.05, 4.69) is 15.0 Å². The van der Waals surface area contributed by atoms with Crippen LogP contribution in [0.15, 0.2) is 11.3 Å². The molecule has 0 atom stereocenters. The van der Waals surface area contributed by atoms with Gasteiger partial charge in [-0.2, -0.15) is 0 Å². The van der Waals surface area contributed by atoms with Gasteiger partial charge in [0, 0.05) is 13.1 Å². The average molecular weight is 219 g/mol. The summed E-state index contributed by atoms with van der Waals surface area (Å²) in [5.74, 6) is 1.45. The summed E-state index contributed by atoms with van der Waals surface area (Å²) in [4.78, 5) is 27.2. The Morgan fingerprint density at radius 3 is 3.25 bits per heavy atom. The first-order valence-electron chi connectivity index (χ1n) is 5.50. The van der Waals surface area contributed by atoms with Gasteiger partial charge in [0.2, 0.25) is 0 Å². The van der Waals surface area contributed by atoms with E-state index in [4.69, 9.17) is 0 Å². The third kappa shape index (κ3) is 1.09. The maximum Gasteiger partial charge on any atom is 0.331 e. The summed E-state index contributed by atoms with van der Waals surface area (Å²) in [5.41, 5.74) is 0.866. The molecule has 1 N–H and O–H groups in total. The predicted octanol–water partition coefficient (Wildman–Crippen LogP) is 0.822. The molecular formula is C10H13N5O. The molecule has 2 aliphatic heterocycles. The van der Waals surface area contributed by atoms with Crippen molar-refractivity contribution in [2.75, 3.05) is 24.5 Å². The molecule has 2 amide bonds. The number of fused-ring (bicyclic) bond motifs is 3. The Labute approximate surface area is 93.0 Å². The number of imidazole rings is 1. The zero-order chi connectivity index (χ0) is 11.1. The van der Waals surface area contributed by atoms with Crippen LogP contribution >= 0.6 is 0 Å². The lowest BCUT2D eigenvalue weighted by Gasteiger charge is -2.31. The van der Waals surface area contributed by atoms with E-state index in [1.165, 1.54) is 0 Å². The molecule has 3 rings (SSSR count). The fourth-order valence-electron chi connectivity index (χ4n) is 2.17. The highest BCUT2D eigenvalue weighted by atomic mass is 16.2. The Bertz CT molecular complexity index is 464. The van der Waals surface area contributed by atoms with E-state index < -0.39 is 0 Å². The maximum atomic E-state index is 12.2. The Morgan fingerprint density at radius 1 is 1.56 bits per heavy atom. The van der Waals surface area contributed by atoms with E-state index in [0.717, 1.165) is 18.0 Å². The van der Waals surface area contributed by atoms with Crippen molar-refractivity contribution in [3.8, 4) is 0 Å². The third-order valence-electron chi connectivity index (χ3n) is 2.85. The fraction of sp³-hybridized carbons (Fsp3) is 0.500. The van der Waals surface area contributed by atoms with Gasteiger partial charge in [0.05, 0.1) is 12.9 Å². The van der Waals surface area contributed by atoms with E-state index in [-0.39, 0.29) is 6.03 Å². The molecule has 0 radical (unpaired) electrons. The van der Waals surface area contributed by atoms with Crippen LogP contribution in [0.2, 0.25) is 0 Å². The Morgan fingerprint density at radius 2 is 2.44 bits per heavy atom.